The standard InChI is InChI=1S/C12H24N2O2/c1-12(2,3)16-11(15)14(9-5-8-13)10-6-4-7-10/h10H,4-9,13H2,1-3H3. The number of nitrogens with zero attached hydrogens (tertiary/aromatic N) is 1. The normalized spacial score (nSPS) is 16.8. The predicted molar refractivity (Wildman–Crippen MR) is 64.3 cm³/mol. The van der Waals surface area contributed by atoms with E-state index in [1.165, 1.54) is 6.42 Å². The van der Waals surface area contributed by atoms with Crippen LogP contribution in [0.1, 0.15) is 46.5 Å². The van der Waals surface area contributed by atoms with Crippen molar-refractivity contribution in [2.45, 2.75) is 58.1 Å². The van der Waals surface area contributed by atoms with Gasteiger partial charge in [0.15, 0.2) is 0 Å². The summed E-state index contributed by atoms with van der Waals surface area (Å²) < 4.78 is 5.40. The number of rotatable bonds is 4. The maximum atomic E-state index is 12.0. The SMILES string of the molecule is CC(C)(C)OC(=O)N(CCCN)C1CCC1. The number of hydrogen-bond donors (Lipinski definition) is 1. The van der Waals surface area contributed by atoms with Crippen LogP contribution in [-0.2, 0) is 4.74 Å². The van der Waals surface area contributed by atoms with Gasteiger partial charge in [0.2, 0.25) is 0 Å². The second kappa shape index (κ2) is 5.53. The van der Waals surface area contributed by atoms with Crippen molar-refractivity contribution < 1.29 is 9.53 Å². The molecule has 0 atom stereocenters. The van der Waals surface area contributed by atoms with Gasteiger partial charge < -0.3 is 15.4 Å². The van der Waals surface area contributed by atoms with Crippen molar-refractivity contribution in [3.05, 3.63) is 0 Å². The Morgan fingerprint density at radius 2 is 2.06 bits per heavy atom. The molecular weight excluding hydrogens is 204 g/mol. The zero-order valence-electron chi connectivity index (χ0n) is 10.7. The van der Waals surface area contributed by atoms with Crippen LogP contribution in [-0.4, -0.2) is 35.7 Å². The second-order valence-electron chi connectivity index (χ2n) is 5.40. The summed E-state index contributed by atoms with van der Waals surface area (Å²) in [5.74, 6) is 0. The fraction of sp³-hybridized carbons (Fsp3) is 0.917. The molecular formula is C12H24N2O2. The molecule has 0 saturated heterocycles. The van der Waals surface area contributed by atoms with Gasteiger partial charge in [0.25, 0.3) is 0 Å². The molecule has 0 aliphatic heterocycles. The first-order valence-electron chi connectivity index (χ1n) is 6.14. The minimum Gasteiger partial charge on any atom is -0.444 e. The highest BCUT2D eigenvalue weighted by Gasteiger charge is 2.31. The Morgan fingerprint density at radius 1 is 1.44 bits per heavy atom. The van der Waals surface area contributed by atoms with Crippen LogP contribution in [0.15, 0.2) is 0 Å². The molecule has 0 aromatic carbocycles. The molecule has 4 nitrogen and oxygen atoms in total. The van der Waals surface area contributed by atoms with Gasteiger partial charge in [-0.25, -0.2) is 4.79 Å². The largest absolute Gasteiger partial charge is 0.444 e. The molecule has 1 aliphatic carbocycles. The van der Waals surface area contributed by atoms with E-state index >= 15 is 0 Å². The summed E-state index contributed by atoms with van der Waals surface area (Å²) in [6, 6.07) is 0.376. The average molecular weight is 228 g/mol. The first-order valence-corrected chi connectivity index (χ1v) is 6.14. The van der Waals surface area contributed by atoms with Crippen molar-refractivity contribution in [1.82, 2.24) is 4.90 Å². The van der Waals surface area contributed by atoms with Crippen LogP contribution in [0.5, 0.6) is 0 Å². The molecule has 1 rings (SSSR count). The lowest BCUT2D eigenvalue weighted by Crippen LogP contribution is -2.47. The molecule has 4 heteroatoms. The molecule has 0 aromatic heterocycles. The first-order chi connectivity index (χ1) is 7.44. The highest BCUT2D eigenvalue weighted by Crippen LogP contribution is 2.26. The van der Waals surface area contributed by atoms with Gasteiger partial charge in [-0.05, 0) is 53.0 Å². The molecule has 1 aliphatic rings. The maximum Gasteiger partial charge on any atom is 0.410 e. The van der Waals surface area contributed by atoms with Gasteiger partial charge in [-0.3, -0.25) is 0 Å². The van der Waals surface area contributed by atoms with Gasteiger partial charge in [0.05, 0.1) is 0 Å². The fourth-order valence-corrected chi connectivity index (χ4v) is 1.70. The molecule has 0 radical (unpaired) electrons. The van der Waals surface area contributed by atoms with Crippen molar-refractivity contribution in [3.63, 3.8) is 0 Å². The van der Waals surface area contributed by atoms with Crippen molar-refractivity contribution in [2.75, 3.05) is 13.1 Å². The monoisotopic (exact) mass is 228 g/mol. The summed E-state index contributed by atoms with van der Waals surface area (Å²) in [4.78, 5) is 13.8. The van der Waals surface area contributed by atoms with E-state index in [4.69, 9.17) is 10.5 Å². The van der Waals surface area contributed by atoms with Crippen LogP contribution < -0.4 is 5.73 Å². The van der Waals surface area contributed by atoms with Gasteiger partial charge in [0.1, 0.15) is 5.60 Å². The number of nitrogens with two attached hydrogens (primary N) is 1. The Hall–Kier alpha value is -0.770. The second-order valence-corrected chi connectivity index (χ2v) is 5.40. The van der Waals surface area contributed by atoms with Crippen LogP contribution in [0.25, 0.3) is 0 Å². The van der Waals surface area contributed by atoms with Crippen LogP contribution in [0.2, 0.25) is 0 Å². The maximum absolute atomic E-state index is 12.0. The summed E-state index contributed by atoms with van der Waals surface area (Å²) in [5.41, 5.74) is 5.07. The van der Waals surface area contributed by atoms with Crippen LogP contribution in [0.4, 0.5) is 4.79 Å². The number of amides is 1. The number of ether oxygens (including phenoxy) is 1. The number of hydrogen-bond acceptors (Lipinski definition) is 3. The zero-order chi connectivity index (χ0) is 12.2. The van der Waals surface area contributed by atoms with Gasteiger partial charge in [-0.1, -0.05) is 0 Å². The van der Waals surface area contributed by atoms with Gasteiger partial charge >= 0.3 is 6.09 Å². The Labute approximate surface area is 98.1 Å². The molecule has 0 heterocycles. The summed E-state index contributed by atoms with van der Waals surface area (Å²) in [7, 11) is 0. The van der Waals surface area contributed by atoms with Crippen molar-refractivity contribution in [1.29, 1.82) is 0 Å². The lowest BCUT2D eigenvalue weighted by molar-refractivity contribution is 0.00700. The third-order valence-electron chi connectivity index (χ3n) is 2.75. The molecule has 16 heavy (non-hydrogen) atoms. The van der Waals surface area contributed by atoms with Gasteiger partial charge in [0, 0.05) is 12.6 Å². The van der Waals surface area contributed by atoms with Crippen LogP contribution in [0, 0.1) is 0 Å². The summed E-state index contributed by atoms with van der Waals surface area (Å²) in [6.07, 6.45) is 4.07. The minimum atomic E-state index is -0.415. The van der Waals surface area contributed by atoms with Crippen molar-refractivity contribution in [3.8, 4) is 0 Å². The van der Waals surface area contributed by atoms with E-state index in [1.54, 1.807) is 0 Å². The Balaban J connectivity index is 2.50. The number of carbonyl (C=O) groups excluding carboxylic acids is 1. The smallest absolute Gasteiger partial charge is 0.410 e. The molecule has 1 fully saturated rings. The molecule has 1 saturated carbocycles. The first kappa shape index (κ1) is 13.3. The average Bonchev–Trinajstić information content (AvgIpc) is 2.05. The van der Waals surface area contributed by atoms with Gasteiger partial charge in [-0.15, -0.1) is 0 Å². The summed E-state index contributed by atoms with van der Waals surface area (Å²) in [6.45, 7) is 7.02. The van der Waals surface area contributed by atoms with E-state index in [9.17, 15) is 4.79 Å². The van der Waals surface area contributed by atoms with Crippen LogP contribution in [0.3, 0.4) is 0 Å². The Kier molecular flexibility index (Phi) is 4.59. The lowest BCUT2D eigenvalue weighted by atomic mass is 9.91. The third-order valence-corrected chi connectivity index (χ3v) is 2.75. The topological polar surface area (TPSA) is 55.6 Å². The third kappa shape index (κ3) is 4.00. The van der Waals surface area contributed by atoms with E-state index in [0.717, 1.165) is 25.8 Å². The predicted octanol–water partition coefficient (Wildman–Crippen LogP) is 2.12. The van der Waals surface area contributed by atoms with Crippen molar-refractivity contribution in [2.24, 2.45) is 5.73 Å². The molecule has 0 bridgehead atoms. The Morgan fingerprint density at radius 3 is 2.44 bits per heavy atom. The molecule has 0 unspecified atom stereocenters. The van der Waals surface area contributed by atoms with Crippen molar-refractivity contribution >= 4 is 6.09 Å². The number of carbonyl (C=O) groups is 1. The molecule has 1 amide bonds. The summed E-state index contributed by atoms with van der Waals surface area (Å²) in [5, 5.41) is 0. The van der Waals surface area contributed by atoms with E-state index in [-0.39, 0.29) is 6.09 Å². The Bertz CT molecular complexity index is 232. The quantitative estimate of drug-likeness (QED) is 0.802. The van der Waals surface area contributed by atoms with E-state index in [0.29, 0.717) is 12.6 Å². The lowest BCUT2D eigenvalue weighted by Gasteiger charge is -2.38. The summed E-state index contributed by atoms with van der Waals surface area (Å²) >= 11 is 0. The van der Waals surface area contributed by atoms with Crippen LogP contribution >= 0.6 is 0 Å². The molecule has 0 spiro atoms. The van der Waals surface area contributed by atoms with E-state index in [1.807, 2.05) is 25.7 Å². The molecule has 94 valence electrons. The van der Waals surface area contributed by atoms with E-state index in [2.05, 4.69) is 0 Å². The minimum absolute atomic E-state index is 0.189. The zero-order valence-corrected chi connectivity index (χ0v) is 10.7. The molecule has 2 N–H and O–H groups in total. The van der Waals surface area contributed by atoms with E-state index < -0.39 is 5.60 Å². The molecule has 0 aromatic rings. The van der Waals surface area contributed by atoms with Gasteiger partial charge in [-0.2, -0.15) is 0 Å². The highest BCUT2D eigenvalue weighted by molar-refractivity contribution is 5.68. The fourth-order valence-electron chi connectivity index (χ4n) is 1.70. The highest BCUT2D eigenvalue weighted by atomic mass is 16.6.